The number of esters is 1. The van der Waals surface area contributed by atoms with Gasteiger partial charge in [-0.3, -0.25) is 0 Å². The van der Waals surface area contributed by atoms with Gasteiger partial charge in [0.1, 0.15) is 18.1 Å². The first-order chi connectivity index (χ1) is 12.0. The zero-order valence-electron chi connectivity index (χ0n) is 14.0. The van der Waals surface area contributed by atoms with E-state index in [1.807, 2.05) is 0 Å². The second-order valence-corrected chi connectivity index (χ2v) is 7.93. The van der Waals surface area contributed by atoms with Gasteiger partial charge >= 0.3 is 5.97 Å². The quantitative estimate of drug-likeness (QED) is 0.757. The Morgan fingerprint density at radius 1 is 1.20 bits per heavy atom. The summed E-state index contributed by atoms with van der Waals surface area (Å²) in [6.45, 7) is 2.84. The van der Waals surface area contributed by atoms with E-state index in [0.717, 1.165) is 19.3 Å². The molecule has 1 fully saturated rings. The van der Waals surface area contributed by atoms with E-state index >= 15 is 0 Å². The number of benzene rings is 1. The largest absolute Gasteiger partial charge is 0.455 e. The highest BCUT2D eigenvalue weighted by atomic mass is 32.2. The molecule has 1 aromatic heterocycles. The summed E-state index contributed by atoms with van der Waals surface area (Å²) in [6, 6.07) is 7.50. The average Bonchev–Trinajstić information content (AvgIpc) is 3.06. The molecular weight excluding hydrogens is 344 g/mol. The highest BCUT2D eigenvalue weighted by Gasteiger charge is 2.26. The highest BCUT2D eigenvalue weighted by molar-refractivity contribution is 7.89. The molecule has 7 nitrogen and oxygen atoms in total. The molecule has 0 spiro atoms. The lowest BCUT2D eigenvalue weighted by Crippen LogP contribution is -2.35. The normalized spacial score (nSPS) is 15.9. The van der Waals surface area contributed by atoms with Crippen LogP contribution in [0.4, 0.5) is 0 Å². The van der Waals surface area contributed by atoms with Gasteiger partial charge in [0.15, 0.2) is 0 Å². The van der Waals surface area contributed by atoms with E-state index in [1.54, 1.807) is 13.0 Å². The molecular formula is C17H20N2O5S. The van der Waals surface area contributed by atoms with Crippen LogP contribution in [-0.2, 0) is 21.4 Å². The van der Waals surface area contributed by atoms with E-state index in [2.05, 4.69) is 5.16 Å². The second kappa shape index (κ2) is 7.37. The molecule has 8 heteroatoms. The van der Waals surface area contributed by atoms with Gasteiger partial charge in [-0.25, -0.2) is 13.2 Å². The van der Waals surface area contributed by atoms with Crippen LogP contribution < -0.4 is 0 Å². The molecule has 1 aromatic carbocycles. The van der Waals surface area contributed by atoms with Crippen molar-refractivity contribution in [2.45, 2.75) is 37.7 Å². The minimum Gasteiger partial charge on any atom is -0.455 e. The van der Waals surface area contributed by atoms with Gasteiger partial charge in [0, 0.05) is 19.2 Å². The number of ether oxygens (including phenoxy) is 1. The van der Waals surface area contributed by atoms with Crippen molar-refractivity contribution in [1.82, 2.24) is 9.46 Å². The third kappa shape index (κ3) is 4.08. The Bertz CT molecular complexity index is 836. The van der Waals surface area contributed by atoms with Gasteiger partial charge in [-0.1, -0.05) is 11.6 Å². The first-order valence-corrected chi connectivity index (χ1v) is 9.60. The van der Waals surface area contributed by atoms with Crippen LogP contribution in [0.3, 0.4) is 0 Å². The molecule has 0 radical (unpaired) electrons. The smallest absolute Gasteiger partial charge is 0.338 e. The Balaban J connectivity index is 1.65. The molecule has 0 N–H and O–H groups in total. The second-order valence-electron chi connectivity index (χ2n) is 5.99. The zero-order chi connectivity index (χ0) is 17.9. The Kier molecular flexibility index (Phi) is 5.19. The monoisotopic (exact) mass is 364 g/mol. The van der Waals surface area contributed by atoms with Gasteiger partial charge in [0.25, 0.3) is 0 Å². The fourth-order valence-electron chi connectivity index (χ4n) is 2.73. The molecule has 1 saturated heterocycles. The predicted octanol–water partition coefficient (Wildman–Crippen LogP) is 2.51. The van der Waals surface area contributed by atoms with Gasteiger partial charge in [0.2, 0.25) is 10.0 Å². The summed E-state index contributed by atoms with van der Waals surface area (Å²) >= 11 is 0. The maximum Gasteiger partial charge on any atom is 0.338 e. The van der Waals surface area contributed by atoms with Gasteiger partial charge in [-0.05, 0) is 44.0 Å². The van der Waals surface area contributed by atoms with E-state index in [9.17, 15) is 13.2 Å². The summed E-state index contributed by atoms with van der Waals surface area (Å²) < 4.78 is 36.7. The average molecular weight is 364 g/mol. The van der Waals surface area contributed by atoms with E-state index < -0.39 is 16.0 Å². The molecule has 0 amide bonds. The van der Waals surface area contributed by atoms with Crippen LogP contribution >= 0.6 is 0 Å². The summed E-state index contributed by atoms with van der Waals surface area (Å²) in [4.78, 5) is 12.2. The van der Waals surface area contributed by atoms with Crippen LogP contribution in [0.5, 0.6) is 0 Å². The molecule has 25 heavy (non-hydrogen) atoms. The number of hydrogen-bond donors (Lipinski definition) is 0. The highest BCUT2D eigenvalue weighted by Crippen LogP contribution is 2.21. The van der Waals surface area contributed by atoms with Crippen LogP contribution in [0.25, 0.3) is 0 Å². The van der Waals surface area contributed by atoms with Crippen molar-refractivity contribution >= 4 is 16.0 Å². The zero-order valence-corrected chi connectivity index (χ0v) is 14.8. The third-order valence-electron chi connectivity index (χ3n) is 4.07. The number of sulfonamides is 1. The lowest BCUT2D eigenvalue weighted by atomic mass is 10.2. The molecule has 3 rings (SSSR count). The third-order valence-corrected chi connectivity index (χ3v) is 5.98. The lowest BCUT2D eigenvalue weighted by molar-refractivity contribution is 0.0464. The number of rotatable bonds is 5. The van der Waals surface area contributed by atoms with Gasteiger partial charge < -0.3 is 9.26 Å². The summed E-state index contributed by atoms with van der Waals surface area (Å²) in [5.74, 6) is 0.0981. The maximum atomic E-state index is 12.6. The van der Waals surface area contributed by atoms with Crippen molar-refractivity contribution in [3.8, 4) is 0 Å². The fraction of sp³-hybridized carbons (Fsp3) is 0.412. The standard InChI is InChI=1S/C17H20N2O5S/c1-13-11-15(18-24-13)12-23-17(20)14-5-7-16(8-6-14)25(21,22)19-9-3-2-4-10-19/h5-8,11H,2-4,9-10,12H2,1H3. The number of aryl methyl sites for hydroxylation is 1. The number of carbonyl (C=O) groups is 1. The van der Waals surface area contributed by atoms with Gasteiger partial charge in [-0.2, -0.15) is 4.31 Å². The van der Waals surface area contributed by atoms with Gasteiger partial charge in [-0.15, -0.1) is 0 Å². The van der Waals surface area contributed by atoms with Crippen LogP contribution in [0.1, 0.15) is 41.1 Å². The van der Waals surface area contributed by atoms with Crippen molar-refractivity contribution < 1.29 is 22.5 Å². The first-order valence-electron chi connectivity index (χ1n) is 8.16. The van der Waals surface area contributed by atoms with E-state index in [-0.39, 0.29) is 17.1 Å². The Morgan fingerprint density at radius 2 is 1.88 bits per heavy atom. The molecule has 0 aliphatic carbocycles. The van der Waals surface area contributed by atoms with Crippen molar-refractivity contribution in [3.63, 3.8) is 0 Å². The minimum atomic E-state index is -3.50. The van der Waals surface area contributed by atoms with Crippen LogP contribution in [0.2, 0.25) is 0 Å². The summed E-state index contributed by atoms with van der Waals surface area (Å²) in [5, 5.41) is 3.74. The number of nitrogens with zero attached hydrogens (tertiary/aromatic N) is 2. The molecule has 134 valence electrons. The van der Waals surface area contributed by atoms with Crippen molar-refractivity contribution in [2.75, 3.05) is 13.1 Å². The van der Waals surface area contributed by atoms with Crippen LogP contribution in [0, 0.1) is 6.92 Å². The maximum absolute atomic E-state index is 12.6. The Hall–Kier alpha value is -2.19. The molecule has 0 bridgehead atoms. The van der Waals surface area contributed by atoms with Crippen molar-refractivity contribution in [2.24, 2.45) is 0 Å². The summed E-state index contributed by atoms with van der Waals surface area (Å²) in [6.07, 6.45) is 2.82. The Labute approximate surface area is 146 Å². The van der Waals surface area contributed by atoms with Crippen molar-refractivity contribution in [1.29, 1.82) is 0 Å². The van der Waals surface area contributed by atoms with Crippen LogP contribution in [0.15, 0.2) is 39.8 Å². The summed E-state index contributed by atoms with van der Waals surface area (Å²) in [7, 11) is -3.50. The van der Waals surface area contributed by atoms with E-state index in [4.69, 9.17) is 9.26 Å². The number of hydrogen-bond acceptors (Lipinski definition) is 6. The number of piperidine rings is 1. The SMILES string of the molecule is Cc1cc(COC(=O)c2ccc(S(=O)(=O)N3CCCCC3)cc2)no1. The fourth-order valence-corrected chi connectivity index (χ4v) is 4.24. The van der Waals surface area contributed by atoms with E-state index in [0.29, 0.717) is 24.5 Å². The minimum absolute atomic E-state index is 0.00397. The molecule has 1 aliphatic heterocycles. The lowest BCUT2D eigenvalue weighted by Gasteiger charge is -2.25. The molecule has 1 aliphatic rings. The van der Waals surface area contributed by atoms with E-state index in [1.165, 1.54) is 28.6 Å². The number of carbonyl (C=O) groups excluding carboxylic acids is 1. The molecule has 0 unspecified atom stereocenters. The van der Waals surface area contributed by atoms with Gasteiger partial charge in [0.05, 0.1) is 10.5 Å². The predicted molar refractivity (Wildman–Crippen MR) is 89.4 cm³/mol. The Morgan fingerprint density at radius 3 is 2.48 bits per heavy atom. The summed E-state index contributed by atoms with van der Waals surface area (Å²) in [5.41, 5.74) is 0.813. The number of aromatic nitrogens is 1. The molecule has 0 saturated carbocycles. The molecule has 0 atom stereocenters. The molecule has 2 heterocycles. The van der Waals surface area contributed by atoms with Crippen LogP contribution in [-0.4, -0.2) is 36.9 Å². The van der Waals surface area contributed by atoms with Crippen molar-refractivity contribution in [3.05, 3.63) is 47.3 Å². The molecule has 2 aromatic rings. The topological polar surface area (TPSA) is 89.7 Å². The first kappa shape index (κ1) is 17.6.